The molecule has 0 amide bonds. The summed E-state index contributed by atoms with van der Waals surface area (Å²) in [6.07, 6.45) is 3.70. The Bertz CT molecular complexity index is 895. The first-order chi connectivity index (χ1) is 12.7. The summed E-state index contributed by atoms with van der Waals surface area (Å²) in [7, 11) is 0. The molecule has 1 aliphatic carbocycles. The Morgan fingerprint density at radius 1 is 1.15 bits per heavy atom. The Morgan fingerprint density at radius 2 is 1.96 bits per heavy atom. The van der Waals surface area contributed by atoms with E-state index in [0.29, 0.717) is 35.8 Å². The number of anilines is 1. The molecule has 0 bridgehead atoms. The van der Waals surface area contributed by atoms with Crippen molar-refractivity contribution in [3.63, 3.8) is 0 Å². The van der Waals surface area contributed by atoms with E-state index in [-0.39, 0.29) is 5.82 Å². The van der Waals surface area contributed by atoms with Crippen molar-refractivity contribution in [1.82, 2.24) is 20.1 Å². The molecule has 8 heteroatoms. The summed E-state index contributed by atoms with van der Waals surface area (Å²) in [6.45, 7) is 0.700. The Balaban J connectivity index is 1.29. The van der Waals surface area contributed by atoms with Gasteiger partial charge in [0.2, 0.25) is 11.7 Å². The van der Waals surface area contributed by atoms with E-state index in [0.717, 1.165) is 36.5 Å². The molecule has 3 aromatic rings. The lowest BCUT2D eigenvalue weighted by Gasteiger charge is -2.06. The van der Waals surface area contributed by atoms with Gasteiger partial charge in [-0.15, -0.1) is 0 Å². The van der Waals surface area contributed by atoms with Crippen LogP contribution in [0.25, 0.3) is 11.4 Å². The molecule has 0 aliphatic heterocycles. The summed E-state index contributed by atoms with van der Waals surface area (Å²) in [6, 6.07) is 7.73. The molecule has 1 aliphatic rings. The van der Waals surface area contributed by atoms with E-state index in [1.807, 2.05) is 0 Å². The minimum absolute atomic E-state index is 0.293. The van der Waals surface area contributed by atoms with Crippen LogP contribution in [0.3, 0.4) is 0 Å². The molecule has 26 heavy (non-hydrogen) atoms. The standard InChI is InChI=1S/C18H17ClFN5O/c19-14-10-15(23-17(22-14)11-3-4-11)21-9-1-2-16-24-18(25-26-16)12-5-7-13(20)8-6-12/h5-8,10-11H,1-4,9H2,(H,21,22,23). The molecule has 6 nitrogen and oxygen atoms in total. The van der Waals surface area contributed by atoms with Crippen molar-refractivity contribution in [3.8, 4) is 11.4 Å². The highest BCUT2D eigenvalue weighted by molar-refractivity contribution is 6.29. The van der Waals surface area contributed by atoms with E-state index in [4.69, 9.17) is 16.1 Å². The zero-order chi connectivity index (χ0) is 17.9. The number of rotatable bonds is 7. The number of aromatic nitrogens is 4. The molecule has 1 aromatic carbocycles. The van der Waals surface area contributed by atoms with Gasteiger partial charge in [-0.2, -0.15) is 4.98 Å². The normalized spacial score (nSPS) is 13.8. The topological polar surface area (TPSA) is 76.7 Å². The molecule has 1 N–H and O–H groups in total. The summed E-state index contributed by atoms with van der Waals surface area (Å²) >= 11 is 6.05. The summed E-state index contributed by atoms with van der Waals surface area (Å²) in [5, 5.41) is 7.66. The largest absolute Gasteiger partial charge is 0.370 e. The molecule has 2 aromatic heterocycles. The number of halogens is 2. The van der Waals surface area contributed by atoms with Crippen LogP contribution in [0.4, 0.5) is 10.2 Å². The third kappa shape index (κ3) is 4.16. The highest BCUT2D eigenvalue weighted by Gasteiger charge is 2.27. The second kappa shape index (κ2) is 7.37. The van der Waals surface area contributed by atoms with E-state index < -0.39 is 0 Å². The second-order valence-corrected chi connectivity index (χ2v) is 6.64. The van der Waals surface area contributed by atoms with Crippen LogP contribution in [0.15, 0.2) is 34.9 Å². The smallest absolute Gasteiger partial charge is 0.227 e. The average molecular weight is 374 g/mol. The second-order valence-electron chi connectivity index (χ2n) is 6.26. The molecular formula is C18H17ClFN5O. The summed E-state index contributed by atoms with van der Waals surface area (Å²) in [5.41, 5.74) is 0.725. The Kier molecular flexibility index (Phi) is 4.79. The maximum atomic E-state index is 13.0. The number of hydrogen-bond acceptors (Lipinski definition) is 6. The third-order valence-electron chi connectivity index (χ3n) is 4.10. The highest BCUT2D eigenvalue weighted by Crippen LogP contribution is 2.38. The first-order valence-electron chi connectivity index (χ1n) is 8.54. The lowest BCUT2D eigenvalue weighted by molar-refractivity contribution is 0.377. The van der Waals surface area contributed by atoms with Crippen LogP contribution >= 0.6 is 11.6 Å². The van der Waals surface area contributed by atoms with Gasteiger partial charge in [0.25, 0.3) is 0 Å². The number of aryl methyl sites for hydroxylation is 1. The van der Waals surface area contributed by atoms with Crippen molar-refractivity contribution < 1.29 is 8.91 Å². The van der Waals surface area contributed by atoms with Crippen molar-refractivity contribution in [2.24, 2.45) is 0 Å². The van der Waals surface area contributed by atoms with Crippen LogP contribution in [0.1, 0.15) is 36.9 Å². The Hall–Kier alpha value is -2.54. The minimum atomic E-state index is -0.293. The van der Waals surface area contributed by atoms with E-state index in [1.54, 1.807) is 18.2 Å². The highest BCUT2D eigenvalue weighted by atomic mass is 35.5. The lowest BCUT2D eigenvalue weighted by atomic mass is 10.2. The van der Waals surface area contributed by atoms with Gasteiger partial charge >= 0.3 is 0 Å². The van der Waals surface area contributed by atoms with E-state index in [9.17, 15) is 4.39 Å². The molecule has 1 saturated carbocycles. The lowest BCUT2D eigenvalue weighted by Crippen LogP contribution is -2.06. The Morgan fingerprint density at radius 3 is 2.73 bits per heavy atom. The van der Waals surface area contributed by atoms with Gasteiger partial charge in [0, 0.05) is 30.5 Å². The summed E-state index contributed by atoms with van der Waals surface area (Å²) < 4.78 is 18.2. The molecule has 0 spiro atoms. The third-order valence-corrected chi connectivity index (χ3v) is 4.29. The molecule has 0 atom stereocenters. The summed E-state index contributed by atoms with van der Waals surface area (Å²) in [4.78, 5) is 13.1. The van der Waals surface area contributed by atoms with Gasteiger partial charge in [0.15, 0.2) is 0 Å². The van der Waals surface area contributed by atoms with Crippen LogP contribution in [0.5, 0.6) is 0 Å². The van der Waals surface area contributed by atoms with Crippen LogP contribution in [-0.4, -0.2) is 26.7 Å². The van der Waals surface area contributed by atoms with Gasteiger partial charge in [-0.25, -0.2) is 14.4 Å². The molecule has 4 rings (SSSR count). The van der Waals surface area contributed by atoms with Gasteiger partial charge in [0.05, 0.1) is 0 Å². The van der Waals surface area contributed by atoms with Gasteiger partial charge in [0.1, 0.15) is 22.6 Å². The average Bonchev–Trinajstić information content (AvgIpc) is 3.38. The minimum Gasteiger partial charge on any atom is -0.370 e. The fourth-order valence-electron chi connectivity index (χ4n) is 2.58. The van der Waals surface area contributed by atoms with Crippen LogP contribution < -0.4 is 5.32 Å². The molecule has 1 fully saturated rings. The number of nitrogens with one attached hydrogen (secondary N) is 1. The fraction of sp³-hybridized carbons (Fsp3) is 0.333. The number of hydrogen-bond donors (Lipinski definition) is 1. The van der Waals surface area contributed by atoms with Crippen LogP contribution in [0, 0.1) is 5.82 Å². The first-order valence-corrected chi connectivity index (χ1v) is 8.92. The van der Waals surface area contributed by atoms with Crippen molar-refractivity contribution in [3.05, 3.63) is 53.0 Å². The maximum Gasteiger partial charge on any atom is 0.227 e. The fourth-order valence-corrected chi connectivity index (χ4v) is 2.77. The number of nitrogens with zero attached hydrogens (tertiary/aromatic N) is 4. The molecule has 0 saturated heterocycles. The quantitative estimate of drug-likeness (QED) is 0.493. The molecule has 0 radical (unpaired) electrons. The van der Waals surface area contributed by atoms with Crippen molar-refractivity contribution in [1.29, 1.82) is 0 Å². The van der Waals surface area contributed by atoms with E-state index >= 15 is 0 Å². The van der Waals surface area contributed by atoms with Crippen LogP contribution in [0.2, 0.25) is 5.15 Å². The van der Waals surface area contributed by atoms with Gasteiger partial charge in [-0.3, -0.25) is 0 Å². The van der Waals surface area contributed by atoms with Crippen molar-refractivity contribution in [2.45, 2.75) is 31.6 Å². The van der Waals surface area contributed by atoms with Crippen molar-refractivity contribution >= 4 is 17.4 Å². The molecule has 134 valence electrons. The van der Waals surface area contributed by atoms with Gasteiger partial charge < -0.3 is 9.84 Å². The predicted octanol–water partition coefficient (Wildman–Crippen LogP) is 4.24. The van der Waals surface area contributed by atoms with E-state index in [2.05, 4.69) is 25.4 Å². The maximum absolute atomic E-state index is 13.0. The molecular weight excluding hydrogens is 357 g/mol. The Labute approximate surface area is 154 Å². The van der Waals surface area contributed by atoms with Gasteiger partial charge in [-0.1, -0.05) is 16.8 Å². The molecule has 2 heterocycles. The van der Waals surface area contributed by atoms with Crippen molar-refractivity contribution in [2.75, 3.05) is 11.9 Å². The predicted molar refractivity (Wildman–Crippen MR) is 95.5 cm³/mol. The van der Waals surface area contributed by atoms with Crippen LogP contribution in [-0.2, 0) is 6.42 Å². The first kappa shape index (κ1) is 16.9. The van der Waals surface area contributed by atoms with E-state index in [1.165, 1.54) is 12.1 Å². The number of benzene rings is 1. The summed E-state index contributed by atoms with van der Waals surface area (Å²) in [5.74, 6) is 2.73. The van der Waals surface area contributed by atoms with Gasteiger partial charge in [-0.05, 0) is 43.5 Å². The molecule has 0 unspecified atom stereocenters. The zero-order valence-corrected chi connectivity index (χ0v) is 14.7. The zero-order valence-electron chi connectivity index (χ0n) is 14.0. The monoisotopic (exact) mass is 373 g/mol. The SMILES string of the molecule is Fc1ccc(-c2noc(CCCNc3cc(Cl)nc(C4CC4)n3)n2)cc1.